The molecule has 0 unspecified atom stereocenters. The number of furan rings is 1. The van der Waals surface area contributed by atoms with Gasteiger partial charge >= 0.3 is 0 Å². The fourth-order valence-corrected chi connectivity index (χ4v) is 4.26. The minimum atomic E-state index is -0.574. The van der Waals surface area contributed by atoms with Gasteiger partial charge in [0.05, 0.1) is 11.8 Å². The first-order valence-corrected chi connectivity index (χ1v) is 9.34. The van der Waals surface area contributed by atoms with Crippen molar-refractivity contribution in [3.63, 3.8) is 0 Å². The summed E-state index contributed by atoms with van der Waals surface area (Å²) < 4.78 is 5.33. The van der Waals surface area contributed by atoms with Gasteiger partial charge < -0.3 is 15.3 Å². The zero-order valence-corrected chi connectivity index (χ0v) is 14.5. The molecule has 0 bridgehead atoms. The summed E-state index contributed by atoms with van der Waals surface area (Å²) in [5.74, 6) is 0.254. The maximum atomic E-state index is 11.3. The highest BCUT2D eigenvalue weighted by molar-refractivity contribution is 7.10. The second kappa shape index (κ2) is 7.96. The van der Waals surface area contributed by atoms with Gasteiger partial charge in [0, 0.05) is 22.8 Å². The SMILES string of the molecule is NC(=O)c1csc(CN2CCCCC[C@H]2C[C@H](O)c2ccco2)c1. The average Bonchev–Trinajstić information content (AvgIpc) is 3.20. The highest BCUT2D eigenvalue weighted by atomic mass is 32.1. The summed E-state index contributed by atoms with van der Waals surface area (Å²) >= 11 is 1.57. The van der Waals surface area contributed by atoms with E-state index in [1.54, 1.807) is 23.7 Å². The summed E-state index contributed by atoms with van der Waals surface area (Å²) in [4.78, 5) is 14.8. The first-order chi connectivity index (χ1) is 11.6. The van der Waals surface area contributed by atoms with Crippen molar-refractivity contribution in [1.82, 2.24) is 4.90 Å². The first kappa shape index (κ1) is 17.2. The van der Waals surface area contributed by atoms with Gasteiger partial charge in [-0.1, -0.05) is 12.8 Å². The Morgan fingerprint density at radius 1 is 1.46 bits per heavy atom. The molecule has 1 fully saturated rings. The Morgan fingerprint density at radius 2 is 2.33 bits per heavy atom. The Kier molecular flexibility index (Phi) is 5.71. The summed E-state index contributed by atoms with van der Waals surface area (Å²) in [5, 5.41) is 12.3. The van der Waals surface area contributed by atoms with Crippen molar-refractivity contribution in [1.29, 1.82) is 0 Å². The number of hydrogen-bond donors (Lipinski definition) is 2. The van der Waals surface area contributed by atoms with E-state index >= 15 is 0 Å². The number of thiophene rings is 1. The van der Waals surface area contributed by atoms with E-state index in [0.717, 1.165) is 24.4 Å². The monoisotopic (exact) mass is 348 g/mol. The summed E-state index contributed by atoms with van der Waals surface area (Å²) in [6, 6.07) is 5.83. The third-order valence-corrected chi connectivity index (χ3v) is 5.58. The molecule has 1 saturated heterocycles. The van der Waals surface area contributed by atoms with E-state index in [2.05, 4.69) is 4.90 Å². The van der Waals surface area contributed by atoms with Crippen LogP contribution in [0.2, 0.25) is 0 Å². The molecule has 0 saturated carbocycles. The number of rotatable bonds is 6. The largest absolute Gasteiger partial charge is 0.467 e. The molecule has 5 nitrogen and oxygen atoms in total. The number of carbonyl (C=O) groups excluding carboxylic acids is 1. The predicted octanol–water partition coefficient (Wildman–Crippen LogP) is 3.31. The lowest BCUT2D eigenvalue weighted by molar-refractivity contribution is 0.0835. The Hall–Kier alpha value is -1.63. The lowest BCUT2D eigenvalue weighted by Gasteiger charge is -2.30. The molecule has 24 heavy (non-hydrogen) atoms. The molecule has 1 amide bonds. The van der Waals surface area contributed by atoms with Crippen LogP contribution in [0.25, 0.3) is 0 Å². The Bertz CT molecular complexity index is 653. The molecule has 6 heteroatoms. The van der Waals surface area contributed by atoms with Crippen LogP contribution >= 0.6 is 11.3 Å². The highest BCUT2D eigenvalue weighted by Gasteiger charge is 2.25. The molecule has 1 aliphatic rings. The number of amides is 1. The first-order valence-electron chi connectivity index (χ1n) is 8.46. The Balaban J connectivity index is 1.68. The maximum Gasteiger partial charge on any atom is 0.249 e. The van der Waals surface area contributed by atoms with E-state index in [9.17, 15) is 9.90 Å². The van der Waals surface area contributed by atoms with Gasteiger partial charge in [-0.25, -0.2) is 0 Å². The van der Waals surface area contributed by atoms with Crippen LogP contribution in [0.5, 0.6) is 0 Å². The molecule has 0 spiro atoms. The van der Waals surface area contributed by atoms with Gasteiger partial charge in [0.2, 0.25) is 5.91 Å². The molecule has 2 atom stereocenters. The number of aliphatic hydroxyl groups is 1. The second-order valence-corrected chi connectivity index (χ2v) is 7.40. The lowest BCUT2D eigenvalue weighted by atomic mass is 10.0. The van der Waals surface area contributed by atoms with Crippen LogP contribution in [0.3, 0.4) is 0 Å². The van der Waals surface area contributed by atoms with Crippen molar-refractivity contribution in [2.24, 2.45) is 5.73 Å². The van der Waals surface area contributed by atoms with Crippen molar-refractivity contribution >= 4 is 17.2 Å². The molecule has 3 N–H and O–H groups in total. The normalized spacial score (nSPS) is 20.6. The number of likely N-dealkylation sites (tertiary alicyclic amines) is 1. The van der Waals surface area contributed by atoms with Crippen LogP contribution in [-0.4, -0.2) is 28.5 Å². The zero-order chi connectivity index (χ0) is 16.9. The van der Waals surface area contributed by atoms with Gasteiger partial charge in [-0.2, -0.15) is 0 Å². The smallest absolute Gasteiger partial charge is 0.249 e. The summed E-state index contributed by atoms with van der Waals surface area (Å²) in [6.07, 6.45) is 6.34. The molecular weight excluding hydrogens is 324 g/mol. The van der Waals surface area contributed by atoms with Crippen molar-refractivity contribution < 1.29 is 14.3 Å². The Morgan fingerprint density at radius 3 is 3.04 bits per heavy atom. The quantitative estimate of drug-likeness (QED) is 0.839. The van der Waals surface area contributed by atoms with E-state index in [1.807, 2.05) is 17.5 Å². The minimum Gasteiger partial charge on any atom is -0.467 e. The number of nitrogens with two attached hydrogens (primary N) is 1. The van der Waals surface area contributed by atoms with Crippen LogP contribution in [0.4, 0.5) is 0 Å². The third kappa shape index (κ3) is 4.26. The van der Waals surface area contributed by atoms with Crippen molar-refractivity contribution in [2.45, 2.75) is 50.8 Å². The number of primary amides is 1. The van der Waals surface area contributed by atoms with Crippen molar-refractivity contribution in [3.8, 4) is 0 Å². The molecule has 0 radical (unpaired) electrons. The molecule has 0 aromatic carbocycles. The van der Waals surface area contributed by atoms with Crippen LogP contribution < -0.4 is 5.73 Å². The number of nitrogens with zero attached hydrogens (tertiary/aromatic N) is 1. The molecule has 2 aromatic rings. The van der Waals surface area contributed by atoms with Crippen LogP contribution in [-0.2, 0) is 6.54 Å². The highest BCUT2D eigenvalue weighted by Crippen LogP contribution is 2.28. The van der Waals surface area contributed by atoms with Crippen molar-refractivity contribution in [2.75, 3.05) is 6.54 Å². The topological polar surface area (TPSA) is 79.7 Å². The zero-order valence-electron chi connectivity index (χ0n) is 13.7. The van der Waals surface area contributed by atoms with Gasteiger partial charge in [-0.05, 0) is 44.0 Å². The minimum absolute atomic E-state index is 0.312. The van der Waals surface area contributed by atoms with Crippen molar-refractivity contribution in [3.05, 3.63) is 46.0 Å². The second-order valence-electron chi connectivity index (χ2n) is 6.41. The van der Waals surface area contributed by atoms with Gasteiger partial charge in [0.1, 0.15) is 11.9 Å². The molecule has 130 valence electrons. The van der Waals surface area contributed by atoms with Gasteiger partial charge in [0.15, 0.2) is 0 Å². The van der Waals surface area contributed by atoms with Crippen LogP contribution in [0.15, 0.2) is 34.3 Å². The molecule has 3 rings (SSSR count). The summed E-state index contributed by atoms with van der Waals surface area (Å²) in [6.45, 7) is 1.81. The molecule has 1 aliphatic heterocycles. The number of aliphatic hydroxyl groups excluding tert-OH is 1. The van der Waals surface area contributed by atoms with Crippen LogP contribution in [0, 0.1) is 0 Å². The van der Waals surface area contributed by atoms with Gasteiger partial charge in [-0.3, -0.25) is 9.69 Å². The van der Waals surface area contributed by atoms with Gasteiger partial charge in [-0.15, -0.1) is 11.3 Å². The predicted molar refractivity (Wildman–Crippen MR) is 93.8 cm³/mol. The molecule has 0 aliphatic carbocycles. The van der Waals surface area contributed by atoms with E-state index in [0.29, 0.717) is 23.8 Å². The van der Waals surface area contributed by atoms with Gasteiger partial charge in [0.25, 0.3) is 0 Å². The van der Waals surface area contributed by atoms with E-state index in [1.165, 1.54) is 19.3 Å². The number of carbonyl (C=O) groups is 1. The standard InChI is InChI=1S/C18H24N2O3S/c19-18(22)13-9-15(24-12-13)11-20-7-3-1-2-5-14(20)10-16(21)17-6-4-8-23-17/h4,6,8-9,12,14,16,21H,1-3,5,7,10-11H2,(H2,19,22)/t14-,16-/m0/s1. The summed E-state index contributed by atoms with van der Waals surface area (Å²) in [7, 11) is 0. The lowest BCUT2D eigenvalue weighted by Crippen LogP contribution is -2.35. The molecule has 2 aromatic heterocycles. The molecular formula is C18H24N2O3S. The third-order valence-electron chi connectivity index (χ3n) is 4.66. The Labute approximate surface area is 146 Å². The van der Waals surface area contributed by atoms with E-state index in [4.69, 9.17) is 10.2 Å². The molecule has 3 heterocycles. The maximum absolute atomic E-state index is 11.3. The van der Waals surface area contributed by atoms with Crippen LogP contribution in [0.1, 0.15) is 59.2 Å². The fourth-order valence-electron chi connectivity index (χ4n) is 3.36. The summed E-state index contributed by atoms with van der Waals surface area (Å²) in [5.41, 5.74) is 5.92. The number of hydrogen-bond acceptors (Lipinski definition) is 5. The van der Waals surface area contributed by atoms with E-state index < -0.39 is 6.10 Å². The average molecular weight is 348 g/mol. The fraction of sp³-hybridized carbons (Fsp3) is 0.500. The van der Waals surface area contributed by atoms with E-state index in [-0.39, 0.29) is 5.91 Å².